The van der Waals surface area contributed by atoms with Gasteiger partial charge in [-0.2, -0.15) is 0 Å². The van der Waals surface area contributed by atoms with E-state index in [1.165, 1.54) is 11.3 Å². The summed E-state index contributed by atoms with van der Waals surface area (Å²) in [5.41, 5.74) is 2.59. The molecule has 1 aliphatic rings. The second-order valence-electron chi connectivity index (χ2n) is 4.93. The third-order valence-corrected chi connectivity index (χ3v) is 3.15. The first-order valence-corrected chi connectivity index (χ1v) is 6.10. The molecule has 1 atom stereocenters. The zero-order chi connectivity index (χ0) is 11.5. The molecule has 0 unspecified atom stereocenters. The first-order valence-electron chi connectivity index (χ1n) is 6.10. The Bertz CT molecular complexity index is 349. The van der Waals surface area contributed by atoms with Crippen LogP contribution in [-0.4, -0.2) is 30.7 Å². The molecule has 1 aromatic heterocycles. The third kappa shape index (κ3) is 2.53. The van der Waals surface area contributed by atoms with Gasteiger partial charge in [0, 0.05) is 31.9 Å². The summed E-state index contributed by atoms with van der Waals surface area (Å²) in [7, 11) is 0. The summed E-state index contributed by atoms with van der Waals surface area (Å²) >= 11 is 0. The maximum Gasteiger partial charge on any atom is 0.0556 e. The summed E-state index contributed by atoms with van der Waals surface area (Å²) in [6, 6.07) is 2.84. The molecule has 0 amide bonds. The Labute approximate surface area is 97.9 Å². The molecule has 1 aliphatic heterocycles. The Morgan fingerprint density at radius 3 is 2.94 bits per heavy atom. The number of pyridine rings is 1. The average molecular weight is 219 g/mol. The molecule has 0 aliphatic carbocycles. The van der Waals surface area contributed by atoms with Crippen molar-refractivity contribution in [2.75, 3.05) is 24.5 Å². The standard InChI is InChI=1S/C13H21N3/c1-10(2)12-6-13(8-14-7-12)16-5-4-15-11(3)9-16/h6-8,10-11,15H,4-5,9H2,1-3H3/t11-/m0/s1. The molecule has 0 aromatic carbocycles. The van der Waals surface area contributed by atoms with Crippen LogP contribution in [0.5, 0.6) is 0 Å². The lowest BCUT2D eigenvalue weighted by Crippen LogP contribution is -2.49. The van der Waals surface area contributed by atoms with E-state index in [1.807, 2.05) is 12.4 Å². The molecule has 2 heterocycles. The average Bonchev–Trinajstić information content (AvgIpc) is 2.29. The predicted molar refractivity (Wildman–Crippen MR) is 68.0 cm³/mol. The van der Waals surface area contributed by atoms with Crippen molar-refractivity contribution in [3.63, 3.8) is 0 Å². The van der Waals surface area contributed by atoms with Gasteiger partial charge in [-0.3, -0.25) is 4.98 Å². The SMILES string of the molecule is CC(C)c1cncc(N2CCN[C@@H](C)C2)c1. The van der Waals surface area contributed by atoms with Crippen LogP contribution >= 0.6 is 0 Å². The lowest BCUT2D eigenvalue weighted by molar-refractivity contribution is 0.484. The Hall–Kier alpha value is -1.09. The van der Waals surface area contributed by atoms with Crippen LogP contribution in [0, 0.1) is 0 Å². The number of nitrogens with zero attached hydrogens (tertiary/aromatic N) is 2. The van der Waals surface area contributed by atoms with Gasteiger partial charge in [-0.1, -0.05) is 13.8 Å². The summed E-state index contributed by atoms with van der Waals surface area (Å²) in [4.78, 5) is 6.76. The first-order chi connectivity index (χ1) is 7.66. The van der Waals surface area contributed by atoms with Gasteiger partial charge < -0.3 is 10.2 Å². The molecule has 0 radical (unpaired) electrons. The molecule has 1 saturated heterocycles. The van der Waals surface area contributed by atoms with Crippen molar-refractivity contribution < 1.29 is 0 Å². The van der Waals surface area contributed by atoms with Crippen LogP contribution in [0.15, 0.2) is 18.5 Å². The molecule has 1 N–H and O–H groups in total. The number of piperazine rings is 1. The van der Waals surface area contributed by atoms with Gasteiger partial charge in [-0.15, -0.1) is 0 Å². The minimum absolute atomic E-state index is 0.549. The van der Waals surface area contributed by atoms with Gasteiger partial charge in [0.1, 0.15) is 0 Å². The summed E-state index contributed by atoms with van der Waals surface area (Å²) in [5, 5.41) is 3.46. The molecule has 3 nitrogen and oxygen atoms in total. The van der Waals surface area contributed by atoms with E-state index in [9.17, 15) is 0 Å². The van der Waals surface area contributed by atoms with Gasteiger partial charge in [0.05, 0.1) is 11.9 Å². The van der Waals surface area contributed by atoms with E-state index >= 15 is 0 Å². The zero-order valence-corrected chi connectivity index (χ0v) is 10.4. The van der Waals surface area contributed by atoms with E-state index in [1.54, 1.807) is 0 Å². The fraction of sp³-hybridized carbons (Fsp3) is 0.615. The van der Waals surface area contributed by atoms with Crippen molar-refractivity contribution >= 4 is 5.69 Å². The molecule has 0 spiro atoms. The van der Waals surface area contributed by atoms with Crippen LogP contribution in [-0.2, 0) is 0 Å². The molecule has 1 fully saturated rings. The van der Waals surface area contributed by atoms with Crippen LogP contribution in [0.3, 0.4) is 0 Å². The summed E-state index contributed by atoms with van der Waals surface area (Å²) < 4.78 is 0. The minimum Gasteiger partial charge on any atom is -0.367 e. The molecule has 0 bridgehead atoms. The Morgan fingerprint density at radius 1 is 1.44 bits per heavy atom. The van der Waals surface area contributed by atoms with Crippen LogP contribution in [0.25, 0.3) is 0 Å². The third-order valence-electron chi connectivity index (χ3n) is 3.15. The maximum absolute atomic E-state index is 4.34. The van der Waals surface area contributed by atoms with E-state index in [0.717, 1.165) is 19.6 Å². The molecular weight excluding hydrogens is 198 g/mol. The van der Waals surface area contributed by atoms with Gasteiger partial charge >= 0.3 is 0 Å². The largest absolute Gasteiger partial charge is 0.367 e. The molecule has 88 valence electrons. The Morgan fingerprint density at radius 2 is 2.25 bits per heavy atom. The zero-order valence-electron chi connectivity index (χ0n) is 10.4. The van der Waals surface area contributed by atoms with Gasteiger partial charge in [-0.05, 0) is 24.5 Å². The molecule has 1 aromatic rings. The summed E-state index contributed by atoms with van der Waals surface area (Å²) in [5.74, 6) is 0.549. The van der Waals surface area contributed by atoms with Gasteiger partial charge in [-0.25, -0.2) is 0 Å². The molecule has 16 heavy (non-hydrogen) atoms. The number of nitrogens with one attached hydrogen (secondary N) is 1. The van der Waals surface area contributed by atoms with Crippen molar-refractivity contribution in [2.24, 2.45) is 0 Å². The minimum atomic E-state index is 0.549. The van der Waals surface area contributed by atoms with Gasteiger partial charge in [0.2, 0.25) is 0 Å². The molecular formula is C13H21N3. The number of anilines is 1. The Balaban J connectivity index is 2.16. The fourth-order valence-corrected chi connectivity index (χ4v) is 2.10. The first kappa shape index (κ1) is 11.4. The van der Waals surface area contributed by atoms with Crippen LogP contribution in [0.4, 0.5) is 5.69 Å². The van der Waals surface area contributed by atoms with E-state index in [2.05, 4.69) is 42.0 Å². The smallest absolute Gasteiger partial charge is 0.0556 e. The second kappa shape index (κ2) is 4.83. The van der Waals surface area contributed by atoms with Crippen LogP contribution < -0.4 is 10.2 Å². The van der Waals surface area contributed by atoms with Crippen LogP contribution in [0.2, 0.25) is 0 Å². The Kier molecular flexibility index (Phi) is 3.44. The quantitative estimate of drug-likeness (QED) is 0.824. The predicted octanol–water partition coefficient (Wildman–Crippen LogP) is 2.00. The van der Waals surface area contributed by atoms with Gasteiger partial charge in [0.15, 0.2) is 0 Å². The highest BCUT2D eigenvalue weighted by molar-refractivity contribution is 5.47. The highest BCUT2D eigenvalue weighted by Crippen LogP contribution is 2.20. The topological polar surface area (TPSA) is 28.2 Å². The van der Waals surface area contributed by atoms with Gasteiger partial charge in [0.25, 0.3) is 0 Å². The van der Waals surface area contributed by atoms with E-state index < -0.39 is 0 Å². The molecule has 3 heteroatoms. The van der Waals surface area contributed by atoms with Crippen molar-refractivity contribution in [2.45, 2.75) is 32.7 Å². The summed E-state index contributed by atoms with van der Waals surface area (Å²) in [6.45, 7) is 9.86. The van der Waals surface area contributed by atoms with Crippen molar-refractivity contribution in [1.29, 1.82) is 0 Å². The number of hydrogen-bond acceptors (Lipinski definition) is 3. The molecule has 2 rings (SSSR count). The van der Waals surface area contributed by atoms with Crippen molar-refractivity contribution in [3.8, 4) is 0 Å². The van der Waals surface area contributed by atoms with E-state index in [-0.39, 0.29) is 0 Å². The van der Waals surface area contributed by atoms with E-state index in [4.69, 9.17) is 0 Å². The monoisotopic (exact) mass is 219 g/mol. The highest BCUT2D eigenvalue weighted by Gasteiger charge is 2.16. The van der Waals surface area contributed by atoms with E-state index in [0.29, 0.717) is 12.0 Å². The van der Waals surface area contributed by atoms with Crippen molar-refractivity contribution in [3.05, 3.63) is 24.0 Å². The number of hydrogen-bond donors (Lipinski definition) is 1. The lowest BCUT2D eigenvalue weighted by atomic mass is 10.1. The normalized spacial score (nSPS) is 21.5. The maximum atomic E-state index is 4.34. The van der Waals surface area contributed by atoms with Crippen molar-refractivity contribution in [1.82, 2.24) is 10.3 Å². The van der Waals surface area contributed by atoms with Crippen LogP contribution in [0.1, 0.15) is 32.3 Å². The number of aromatic nitrogens is 1. The number of rotatable bonds is 2. The summed E-state index contributed by atoms with van der Waals surface area (Å²) in [6.07, 6.45) is 3.95. The molecule has 0 saturated carbocycles. The fourth-order valence-electron chi connectivity index (χ4n) is 2.10. The second-order valence-corrected chi connectivity index (χ2v) is 4.93. The highest BCUT2D eigenvalue weighted by atomic mass is 15.2. The lowest BCUT2D eigenvalue weighted by Gasteiger charge is -2.33.